The highest BCUT2D eigenvalue weighted by Gasteiger charge is 2.42. The lowest BCUT2D eigenvalue weighted by atomic mass is 10.1. The highest BCUT2D eigenvalue weighted by molar-refractivity contribution is 7.91. The highest BCUT2D eigenvalue weighted by atomic mass is 32.2. The van der Waals surface area contributed by atoms with E-state index in [4.69, 9.17) is 9.47 Å². The number of rotatable bonds is 4. The Morgan fingerprint density at radius 2 is 1.96 bits per heavy atom. The van der Waals surface area contributed by atoms with Crippen LogP contribution in [-0.4, -0.2) is 87.1 Å². The number of hydrogen-bond acceptors (Lipinski definition) is 7. The summed E-state index contributed by atoms with van der Waals surface area (Å²) in [5.74, 6) is -1.65. The van der Waals surface area contributed by atoms with E-state index in [1.165, 1.54) is 12.0 Å². The number of amides is 1. The molecule has 2 atom stereocenters. The molecule has 2 heterocycles. The largest absolute Gasteiger partial charge is 0.467 e. The first-order chi connectivity index (χ1) is 12.9. The summed E-state index contributed by atoms with van der Waals surface area (Å²) >= 11 is 0. The van der Waals surface area contributed by atoms with Gasteiger partial charge >= 0.3 is 5.97 Å². The molecule has 3 rings (SSSR count). The van der Waals surface area contributed by atoms with Gasteiger partial charge in [0.05, 0.1) is 25.2 Å². The number of nitrogens with zero attached hydrogens (tertiary/aromatic N) is 2. The summed E-state index contributed by atoms with van der Waals surface area (Å²) in [6.45, 7) is 2.17. The first kappa shape index (κ1) is 19.8. The number of morpholine rings is 1. The molecule has 8 nitrogen and oxygen atoms in total. The zero-order chi connectivity index (χ0) is 19.4. The van der Waals surface area contributed by atoms with Crippen molar-refractivity contribution in [3.8, 4) is 0 Å². The predicted molar refractivity (Wildman–Crippen MR) is 97.6 cm³/mol. The molecule has 27 heavy (non-hydrogen) atoms. The number of carbonyl (C=O) groups is 2. The van der Waals surface area contributed by atoms with Gasteiger partial charge in [0.25, 0.3) is 5.91 Å². The van der Waals surface area contributed by atoms with E-state index < -0.39 is 33.7 Å². The van der Waals surface area contributed by atoms with Gasteiger partial charge in [-0.1, -0.05) is 30.3 Å². The molecule has 0 bridgehead atoms. The number of sulfone groups is 1. The fraction of sp³-hybridized carbons (Fsp3) is 0.556. The normalized spacial score (nSPS) is 25.7. The van der Waals surface area contributed by atoms with E-state index in [9.17, 15) is 18.0 Å². The van der Waals surface area contributed by atoms with Crippen LogP contribution in [0.5, 0.6) is 0 Å². The predicted octanol–water partition coefficient (Wildman–Crippen LogP) is -0.314. The molecule has 0 unspecified atom stereocenters. The van der Waals surface area contributed by atoms with Gasteiger partial charge in [-0.2, -0.15) is 0 Å². The SMILES string of the molecule is COC(=O)[C@H]1CS(=O)(=O)CCN1C(=O)[C@@H]1CN(Cc2ccccc2)CCO1. The number of carbonyl (C=O) groups excluding carboxylic acids is 2. The number of hydrogen-bond donors (Lipinski definition) is 0. The molecule has 2 saturated heterocycles. The van der Waals surface area contributed by atoms with Crippen molar-refractivity contribution < 1.29 is 27.5 Å². The third-order valence-corrected chi connectivity index (χ3v) is 6.49. The number of esters is 1. The van der Waals surface area contributed by atoms with Gasteiger partial charge in [0.2, 0.25) is 0 Å². The minimum atomic E-state index is -3.38. The summed E-state index contributed by atoms with van der Waals surface area (Å²) in [6, 6.07) is 8.81. The van der Waals surface area contributed by atoms with Gasteiger partial charge < -0.3 is 14.4 Å². The van der Waals surface area contributed by atoms with Gasteiger partial charge in [-0.15, -0.1) is 0 Å². The van der Waals surface area contributed by atoms with E-state index in [1.807, 2.05) is 30.3 Å². The quantitative estimate of drug-likeness (QED) is 0.644. The molecule has 148 valence electrons. The van der Waals surface area contributed by atoms with Crippen molar-refractivity contribution in [2.24, 2.45) is 0 Å². The topological polar surface area (TPSA) is 93.2 Å². The average Bonchev–Trinajstić information content (AvgIpc) is 2.67. The summed E-state index contributed by atoms with van der Waals surface area (Å²) in [5, 5.41) is 0. The Bertz CT molecular complexity index is 782. The van der Waals surface area contributed by atoms with E-state index in [1.54, 1.807) is 0 Å². The minimum absolute atomic E-state index is 0.0283. The smallest absolute Gasteiger partial charge is 0.329 e. The minimum Gasteiger partial charge on any atom is -0.467 e. The number of benzene rings is 1. The van der Waals surface area contributed by atoms with Gasteiger partial charge in [-0.25, -0.2) is 13.2 Å². The van der Waals surface area contributed by atoms with Crippen LogP contribution in [0.25, 0.3) is 0 Å². The van der Waals surface area contributed by atoms with Crippen LogP contribution in [0.4, 0.5) is 0 Å². The van der Waals surface area contributed by atoms with Crippen molar-refractivity contribution in [1.29, 1.82) is 0 Å². The first-order valence-corrected chi connectivity index (χ1v) is 10.7. The summed E-state index contributed by atoms with van der Waals surface area (Å²) in [6.07, 6.45) is -0.726. The molecule has 0 saturated carbocycles. The fourth-order valence-electron chi connectivity index (χ4n) is 3.42. The molecule has 2 aliphatic heterocycles. The van der Waals surface area contributed by atoms with Crippen molar-refractivity contribution in [1.82, 2.24) is 9.80 Å². The maximum absolute atomic E-state index is 13.0. The average molecular weight is 396 g/mol. The Balaban J connectivity index is 1.69. The van der Waals surface area contributed by atoms with Crippen LogP contribution in [0.2, 0.25) is 0 Å². The summed E-state index contributed by atoms with van der Waals surface area (Å²) in [7, 11) is -2.20. The van der Waals surface area contributed by atoms with Crippen LogP contribution < -0.4 is 0 Å². The Hall–Kier alpha value is -1.97. The molecular formula is C18H24N2O6S. The molecule has 0 aliphatic carbocycles. The Labute approximate surface area is 158 Å². The van der Waals surface area contributed by atoms with Crippen LogP contribution >= 0.6 is 0 Å². The van der Waals surface area contributed by atoms with Gasteiger partial charge in [0.1, 0.15) is 12.1 Å². The molecule has 1 aromatic rings. The van der Waals surface area contributed by atoms with E-state index >= 15 is 0 Å². The van der Waals surface area contributed by atoms with Crippen molar-refractivity contribution in [3.05, 3.63) is 35.9 Å². The van der Waals surface area contributed by atoms with Gasteiger partial charge in [0, 0.05) is 26.2 Å². The first-order valence-electron chi connectivity index (χ1n) is 8.86. The zero-order valence-corrected chi connectivity index (χ0v) is 16.1. The molecule has 2 aliphatic rings. The Kier molecular flexibility index (Phi) is 6.13. The maximum Gasteiger partial charge on any atom is 0.329 e. The molecule has 2 fully saturated rings. The summed E-state index contributed by atoms with van der Waals surface area (Å²) < 4.78 is 34.1. The molecule has 0 N–H and O–H groups in total. The van der Waals surface area contributed by atoms with Gasteiger partial charge in [0.15, 0.2) is 9.84 Å². The molecule has 0 spiro atoms. The standard InChI is InChI=1S/C18H24N2O6S/c1-25-18(22)15-13-27(23,24)10-8-20(15)17(21)16-12-19(7-9-26-16)11-14-5-3-2-4-6-14/h2-6,15-16H,7-13H2,1H3/t15-,16+/m1/s1. The van der Waals surface area contributed by atoms with Gasteiger partial charge in [-0.3, -0.25) is 9.69 Å². The third kappa shape index (κ3) is 4.85. The molecule has 1 aromatic carbocycles. The lowest BCUT2D eigenvalue weighted by Crippen LogP contribution is -2.60. The zero-order valence-electron chi connectivity index (χ0n) is 15.2. The summed E-state index contributed by atoms with van der Waals surface area (Å²) in [5.41, 5.74) is 1.14. The van der Waals surface area contributed by atoms with E-state index in [2.05, 4.69) is 4.90 Å². The summed E-state index contributed by atoms with van der Waals surface area (Å²) in [4.78, 5) is 28.4. The van der Waals surface area contributed by atoms with Crippen LogP contribution in [0.3, 0.4) is 0 Å². The molecule has 9 heteroatoms. The molecule has 0 aromatic heterocycles. The molecule has 0 radical (unpaired) electrons. The van der Waals surface area contributed by atoms with Crippen molar-refractivity contribution >= 4 is 21.7 Å². The van der Waals surface area contributed by atoms with Gasteiger partial charge in [-0.05, 0) is 5.56 Å². The highest BCUT2D eigenvalue weighted by Crippen LogP contribution is 2.18. The maximum atomic E-state index is 13.0. The van der Waals surface area contributed by atoms with Crippen LogP contribution in [0.15, 0.2) is 30.3 Å². The van der Waals surface area contributed by atoms with Crippen molar-refractivity contribution in [2.75, 3.05) is 44.9 Å². The molecule has 1 amide bonds. The van der Waals surface area contributed by atoms with Crippen LogP contribution in [0.1, 0.15) is 5.56 Å². The third-order valence-electron chi connectivity index (χ3n) is 4.86. The molecular weight excluding hydrogens is 372 g/mol. The number of methoxy groups -OCH3 is 1. The van der Waals surface area contributed by atoms with E-state index in [0.29, 0.717) is 26.2 Å². The van der Waals surface area contributed by atoms with Crippen LogP contribution in [-0.2, 0) is 35.4 Å². The second-order valence-corrected chi connectivity index (χ2v) is 8.99. The monoisotopic (exact) mass is 396 g/mol. The lowest BCUT2D eigenvalue weighted by molar-refractivity contribution is -0.160. The van der Waals surface area contributed by atoms with Crippen LogP contribution in [0, 0.1) is 0 Å². The van der Waals surface area contributed by atoms with Crippen molar-refractivity contribution in [3.63, 3.8) is 0 Å². The second kappa shape index (κ2) is 8.37. The van der Waals surface area contributed by atoms with Crippen molar-refractivity contribution in [2.45, 2.75) is 18.7 Å². The Morgan fingerprint density at radius 3 is 2.67 bits per heavy atom. The lowest BCUT2D eigenvalue weighted by Gasteiger charge is -2.38. The fourth-order valence-corrected chi connectivity index (χ4v) is 4.86. The second-order valence-electron chi connectivity index (χ2n) is 6.77. The number of ether oxygens (including phenoxy) is 2. The van der Waals surface area contributed by atoms with E-state index in [0.717, 1.165) is 5.56 Å². The van der Waals surface area contributed by atoms with E-state index in [-0.39, 0.29) is 18.2 Å². The Morgan fingerprint density at radius 1 is 1.22 bits per heavy atom.